The van der Waals surface area contributed by atoms with Gasteiger partial charge in [-0.3, -0.25) is 4.90 Å². The van der Waals surface area contributed by atoms with Crippen LogP contribution in [0.3, 0.4) is 0 Å². The van der Waals surface area contributed by atoms with Crippen LogP contribution in [0.1, 0.15) is 6.92 Å². The Kier molecular flexibility index (Phi) is 5.24. The first kappa shape index (κ1) is 19.8. The first-order chi connectivity index (χ1) is 15.2. The van der Waals surface area contributed by atoms with E-state index in [9.17, 15) is 4.79 Å². The molecule has 0 aromatic heterocycles. The average Bonchev–Trinajstić information content (AvgIpc) is 2.82. The summed E-state index contributed by atoms with van der Waals surface area (Å²) < 4.78 is 5.39. The molecule has 1 saturated heterocycles. The summed E-state index contributed by atoms with van der Waals surface area (Å²) in [5.74, 6) is 0.849. The van der Waals surface area contributed by atoms with Gasteiger partial charge in [-0.15, -0.1) is 0 Å². The van der Waals surface area contributed by atoms with Crippen molar-refractivity contribution in [3.63, 3.8) is 0 Å². The number of piperazine rings is 1. The number of carbonyl (C=O) groups is 1. The Morgan fingerprint density at radius 1 is 0.935 bits per heavy atom. The summed E-state index contributed by atoms with van der Waals surface area (Å²) >= 11 is 1.72. The molecule has 0 spiro atoms. The molecule has 2 aliphatic rings. The molecule has 0 N–H and O–H groups in total. The quantitative estimate of drug-likeness (QED) is 0.527. The molecule has 0 saturated carbocycles. The van der Waals surface area contributed by atoms with Crippen molar-refractivity contribution in [2.45, 2.75) is 22.8 Å². The molecule has 1 fully saturated rings. The number of anilines is 3. The summed E-state index contributed by atoms with van der Waals surface area (Å²) in [6, 6.07) is 24.6. The number of rotatable bonds is 2. The van der Waals surface area contributed by atoms with Gasteiger partial charge in [-0.05, 0) is 43.3 Å². The van der Waals surface area contributed by atoms with Gasteiger partial charge in [-0.2, -0.15) is 0 Å². The van der Waals surface area contributed by atoms with E-state index in [1.54, 1.807) is 18.9 Å². The Hall–Kier alpha value is -3.12. The molecule has 3 aromatic rings. The zero-order valence-electron chi connectivity index (χ0n) is 17.7. The van der Waals surface area contributed by atoms with Crippen molar-refractivity contribution in [2.75, 3.05) is 36.5 Å². The van der Waals surface area contributed by atoms with Gasteiger partial charge < -0.3 is 14.5 Å². The van der Waals surface area contributed by atoms with Gasteiger partial charge >= 0.3 is 6.03 Å². The van der Waals surface area contributed by atoms with E-state index in [0.717, 1.165) is 39.1 Å². The maximum absolute atomic E-state index is 13.8. The minimum atomic E-state index is 0.0392. The van der Waals surface area contributed by atoms with Crippen LogP contribution < -0.4 is 14.5 Å². The van der Waals surface area contributed by atoms with E-state index < -0.39 is 0 Å². The number of ether oxygens (including phenoxy) is 1. The van der Waals surface area contributed by atoms with Crippen LogP contribution in [-0.2, 0) is 0 Å². The highest BCUT2D eigenvalue weighted by Gasteiger charge is 2.34. The standard InChI is InChI=1S/C25H25N3O2S/c1-18-17-26(14-15-27(18)19-8-7-9-20(16-19)30-2)25(29)28-21-10-3-5-12-23(21)31-24-13-6-4-11-22(24)28/h3-13,16,18H,14-15,17H2,1-2H3/t18-/m0/s1. The maximum atomic E-state index is 13.8. The fourth-order valence-electron chi connectivity index (χ4n) is 4.36. The fraction of sp³-hybridized carbons (Fsp3) is 0.240. The number of amides is 2. The lowest BCUT2D eigenvalue weighted by Crippen LogP contribution is -2.56. The molecule has 31 heavy (non-hydrogen) atoms. The Morgan fingerprint density at radius 3 is 2.26 bits per heavy atom. The molecule has 2 amide bonds. The number of benzene rings is 3. The van der Waals surface area contributed by atoms with Crippen molar-refractivity contribution in [3.8, 4) is 5.75 Å². The third-order valence-electron chi connectivity index (χ3n) is 5.91. The lowest BCUT2D eigenvalue weighted by molar-refractivity contribution is 0.195. The first-order valence-electron chi connectivity index (χ1n) is 10.5. The Bertz CT molecular complexity index is 1070. The molecule has 6 heteroatoms. The molecule has 0 bridgehead atoms. The Labute approximate surface area is 187 Å². The Balaban J connectivity index is 1.41. The molecular formula is C25H25N3O2S. The second-order valence-electron chi connectivity index (χ2n) is 7.85. The van der Waals surface area contributed by atoms with E-state index in [4.69, 9.17) is 4.74 Å². The third kappa shape index (κ3) is 3.61. The van der Waals surface area contributed by atoms with Gasteiger partial charge in [0.1, 0.15) is 5.75 Å². The molecule has 1 atom stereocenters. The van der Waals surface area contributed by atoms with E-state index in [1.807, 2.05) is 58.3 Å². The molecule has 158 valence electrons. The van der Waals surface area contributed by atoms with Crippen LogP contribution in [0.25, 0.3) is 0 Å². The summed E-state index contributed by atoms with van der Waals surface area (Å²) in [5, 5.41) is 0. The largest absolute Gasteiger partial charge is 0.497 e. The second-order valence-corrected chi connectivity index (χ2v) is 8.93. The predicted molar refractivity (Wildman–Crippen MR) is 126 cm³/mol. The fourth-order valence-corrected chi connectivity index (χ4v) is 5.41. The molecule has 2 heterocycles. The number of hydrogen-bond donors (Lipinski definition) is 0. The van der Waals surface area contributed by atoms with Gasteiger partial charge in [-0.1, -0.05) is 42.1 Å². The minimum Gasteiger partial charge on any atom is -0.497 e. The molecule has 2 aliphatic heterocycles. The highest BCUT2D eigenvalue weighted by Crippen LogP contribution is 2.48. The van der Waals surface area contributed by atoms with Gasteiger partial charge in [0.25, 0.3) is 0 Å². The van der Waals surface area contributed by atoms with Crippen LogP contribution >= 0.6 is 11.8 Å². The average molecular weight is 432 g/mol. The van der Waals surface area contributed by atoms with Gasteiger partial charge in [0, 0.05) is 47.2 Å². The number of fused-ring (bicyclic) bond motifs is 2. The molecule has 3 aromatic carbocycles. The van der Waals surface area contributed by atoms with Crippen LogP contribution in [0.5, 0.6) is 5.75 Å². The van der Waals surface area contributed by atoms with Gasteiger partial charge in [-0.25, -0.2) is 4.79 Å². The van der Waals surface area contributed by atoms with E-state index in [1.165, 1.54) is 0 Å². The minimum absolute atomic E-state index is 0.0392. The maximum Gasteiger partial charge on any atom is 0.329 e. The second kappa shape index (κ2) is 8.19. The van der Waals surface area contributed by atoms with E-state index >= 15 is 0 Å². The summed E-state index contributed by atoms with van der Waals surface area (Å²) in [6.45, 7) is 4.30. The summed E-state index contributed by atoms with van der Waals surface area (Å²) in [7, 11) is 1.69. The van der Waals surface area contributed by atoms with Crippen molar-refractivity contribution in [1.29, 1.82) is 0 Å². The van der Waals surface area contributed by atoms with Gasteiger partial charge in [0.05, 0.1) is 18.5 Å². The van der Waals surface area contributed by atoms with Crippen LogP contribution in [0, 0.1) is 0 Å². The smallest absolute Gasteiger partial charge is 0.329 e. The van der Waals surface area contributed by atoms with E-state index in [0.29, 0.717) is 13.1 Å². The molecule has 0 unspecified atom stereocenters. The molecule has 5 rings (SSSR count). The SMILES string of the molecule is COc1cccc(N2CCN(C(=O)N3c4ccccc4Sc4ccccc43)C[C@@H]2C)c1. The van der Waals surface area contributed by atoms with Crippen LogP contribution in [0.2, 0.25) is 0 Å². The number of urea groups is 1. The topological polar surface area (TPSA) is 36.0 Å². The third-order valence-corrected chi connectivity index (χ3v) is 7.04. The lowest BCUT2D eigenvalue weighted by atomic mass is 10.1. The van der Waals surface area contributed by atoms with E-state index in [2.05, 4.69) is 36.1 Å². The van der Waals surface area contributed by atoms with E-state index in [-0.39, 0.29) is 12.1 Å². The van der Waals surface area contributed by atoms with Crippen molar-refractivity contribution in [2.24, 2.45) is 0 Å². The Morgan fingerprint density at radius 2 is 1.61 bits per heavy atom. The molecule has 0 radical (unpaired) electrons. The highest BCUT2D eigenvalue weighted by molar-refractivity contribution is 7.99. The van der Waals surface area contributed by atoms with Gasteiger partial charge in [0.2, 0.25) is 0 Å². The first-order valence-corrected chi connectivity index (χ1v) is 11.3. The lowest BCUT2D eigenvalue weighted by Gasteiger charge is -2.43. The molecular weight excluding hydrogens is 406 g/mol. The summed E-state index contributed by atoms with van der Waals surface area (Å²) in [6.07, 6.45) is 0. The predicted octanol–water partition coefficient (Wildman–Crippen LogP) is 5.63. The van der Waals surface area contributed by atoms with Crippen LogP contribution in [0.15, 0.2) is 82.6 Å². The number of hydrogen-bond acceptors (Lipinski definition) is 4. The van der Waals surface area contributed by atoms with Crippen molar-refractivity contribution >= 4 is 34.9 Å². The van der Waals surface area contributed by atoms with Crippen molar-refractivity contribution in [3.05, 3.63) is 72.8 Å². The highest BCUT2D eigenvalue weighted by atomic mass is 32.2. The number of methoxy groups -OCH3 is 1. The normalized spacial score (nSPS) is 17.7. The van der Waals surface area contributed by atoms with Crippen molar-refractivity contribution in [1.82, 2.24) is 4.90 Å². The molecule has 5 nitrogen and oxygen atoms in total. The number of nitrogens with zero attached hydrogens (tertiary/aromatic N) is 3. The number of para-hydroxylation sites is 2. The van der Waals surface area contributed by atoms with Crippen LogP contribution in [0.4, 0.5) is 21.9 Å². The number of carbonyl (C=O) groups excluding carboxylic acids is 1. The zero-order valence-corrected chi connectivity index (χ0v) is 18.5. The van der Waals surface area contributed by atoms with Crippen molar-refractivity contribution < 1.29 is 9.53 Å². The zero-order chi connectivity index (χ0) is 21.4. The van der Waals surface area contributed by atoms with Crippen LogP contribution in [-0.4, -0.2) is 43.7 Å². The summed E-state index contributed by atoms with van der Waals surface area (Å²) in [4.78, 5) is 22.2. The van der Waals surface area contributed by atoms with Gasteiger partial charge in [0.15, 0.2) is 0 Å². The monoisotopic (exact) mass is 431 g/mol. The summed E-state index contributed by atoms with van der Waals surface area (Å²) in [5.41, 5.74) is 3.04. The molecule has 0 aliphatic carbocycles.